The molecule has 32 heavy (non-hydrogen) atoms. The number of carbonyl (C=O) groups is 2. The largest absolute Gasteiger partial charge is 0.496 e. The predicted molar refractivity (Wildman–Crippen MR) is 126 cm³/mol. The second kappa shape index (κ2) is 10.3. The number of ether oxygens (including phenoxy) is 2. The van der Waals surface area contributed by atoms with Crippen LogP contribution < -0.4 is 14.8 Å². The number of methoxy groups -OCH3 is 2. The Bertz CT molecular complexity index is 1090. The van der Waals surface area contributed by atoms with Crippen LogP contribution in [0.3, 0.4) is 0 Å². The molecule has 0 aromatic heterocycles. The van der Waals surface area contributed by atoms with Gasteiger partial charge in [0.2, 0.25) is 0 Å². The highest BCUT2D eigenvalue weighted by Gasteiger charge is 2.46. The number of benzene rings is 3. The molecule has 0 spiro atoms. The molecule has 0 aliphatic rings. The van der Waals surface area contributed by atoms with Crippen molar-refractivity contribution in [2.24, 2.45) is 0 Å². The van der Waals surface area contributed by atoms with Gasteiger partial charge in [0.1, 0.15) is 11.5 Å². The van der Waals surface area contributed by atoms with Crippen LogP contribution in [0, 0.1) is 0 Å². The summed E-state index contributed by atoms with van der Waals surface area (Å²) in [4.78, 5) is 26.5. The van der Waals surface area contributed by atoms with E-state index >= 15 is 0 Å². The summed E-state index contributed by atoms with van der Waals surface area (Å²) in [7, 11) is 2.91. The van der Waals surface area contributed by atoms with Gasteiger partial charge in [0, 0.05) is 6.42 Å². The maximum absolute atomic E-state index is 13.4. The van der Waals surface area contributed by atoms with Gasteiger partial charge in [0.15, 0.2) is 5.54 Å². The molecule has 0 fully saturated rings. The molecule has 0 aliphatic carbocycles. The van der Waals surface area contributed by atoms with Gasteiger partial charge < -0.3 is 14.8 Å². The van der Waals surface area contributed by atoms with Gasteiger partial charge in [0.05, 0.1) is 35.4 Å². The Kier molecular flexibility index (Phi) is 7.67. The van der Waals surface area contributed by atoms with Gasteiger partial charge in [-0.3, -0.25) is 9.59 Å². The van der Waals surface area contributed by atoms with Crippen molar-refractivity contribution in [1.82, 2.24) is 5.32 Å². The van der Waals surface area contributed by atoms with E-state index in [2.05, 4.69) is 5.32 Å². The summed E-state index contributed by atoms with van der Waals surface area (Å²) < 4.78 is 11.0. The summed E-state index contributed by atoms with van der Waals surface area (Å²) in [5.74, 6) is -0.0295. The van der Waals surface area contributed by atoms with E-state index in [-0.39, 0.29) is 27.6 Å². The van der Waals surface area contributed by atoms with Crippen LogP contribution in [-0.4, -0.2) is 25.4 Å². The lowest BCUT2D eigenvalue weighted by molar-refractivity contribution is -0.117. The Hall–Kier alpha value is -2.73. The first kappa shape index (κ1) is 23.9. The van der Waals surface area contributed by atoms with Crippen molar-refractivity contribution in [1.29, 1.82) is 0 Å². The average molecular weight is 493 g/mol. The third-order valence-electron chi connectivity index (χ3n) is 5.02. The second-order valence-electron chi connectivity index (χ2n) is 6.93. The number of nitrogens with one attached hydrogen (secondary N) is 1. The molecular weight excluding hydrogens is 473 g/mol. The summed E-state index contributed by atoms with van der Waals surface area (Å²) in [5, 5.41) is 2.23. The van der Waals surface area contributed by atoms with Crippen LogP contribution in [0.2, 0.25) is 10.0 Å². The summed E-state index contributed by atoms with van der Waals surface area (Å²) in [6.07, 6.45) is 0.0285. The first-order valence-electron chi connectivity index (χ1n) is 9.56. The molecule has 0 bridgehead atoms. The minimum atomic E-state index is -1.75. The van der Waals surface area contributed by atoms with Crippen molar-refractivity contribution < 1.29 is 19.1 Å². The number of carbonyl (C=O) groups excluding carboxylic acids is 2. The number of rotatable bonds is 8. The topological polar surface area (TPSA) is 64.6 Å². The molecule has 166 valence electrons. The fourth-order valence-electron chi connectivity index (χ4n) is 3.56. The molecule has 0 aliphatic heterocycles. The number of hydrogen-bond donors (Lipinski definition) is 1. The molecule has 5 nitrogen and oxygen atoms in total. The highest BCUT2D eigenvalue weighted by molar-refractivity contribution is 6.65. The lowest BCUT2D eigenvalue weighted by Gasteiger charge is -2.34. The number of halogens is 3. The average Bonchev–Trinajstić information content (AvgIpc) is 2.78. The van der Waals surface area contributed by atoms with Crippen LogP contribution in [0.25, 0.3) is 0 Å². The Labute approximate surface area is 201 Å². The van der Waals surface area contributed by atoms with Crippen molar-refractivity contribution >= 4 is 46.0 Å². The molecule has 3 rings (SSSR count). The van der Waals surface area contributed by atoms with Crippen LogP contribution in [0.1, 0.15) is 21.5 Å². The molecule has 1 atom stereocenters. The third kappa shape index (κ3) is 4.70. The highest BCUT2D eigenvalue weighted by atomic mass is 35.5. The Morgan fingerprint density at radius 1 is 0.844 bits per heavy atom. The first-order valence-corrected chi connectivity index (χ1v) is 10.7. The zero-order valence-electron chi connectivity index (χ0n) is 17.3. The van der Waals surface area contributed by atoms with E-state index in [0.717, 1.165) is 5.56 Å². The van der Waals surface area contributed by atoms with E-state index in [1.54, 1.807) is 24.3 Å². The normalized spacial score (nSPS) is 12.5. The second-order valence-corrected chi connectivity index (χ2v) is 8.09. The van der Waals surface area contributed by atoms with Crippen LogP contribution in [0.15, 0.2) is 66.7 Å². The fraction of sp³-hybridized carbons (Fsp3) is 0.167. The summed E-state index contributed by atoms with van der Waals surface area (Å²) in [5.41, 5.74) is -0.689. The molecule has 8 heteroatoms. The predicted octanol–water partition coefficient (Wildman–Crippen LogP) is 5.64. The monoisotopic (exact) mass is 491 g/mol. The Morgan fingerprint density at radius 3 is 1.88 bits per heavy atom. The van der Waals surface area contributed by atoms with E-state index < -0.39 is 16.7 Å². The summed E-state index contributed by atoms with van der Waals surface area (Å²) in [6.45, 7) is 0. The smallest absolute Gasteiger partial charge is 0.255 e. The quantitative estimate of drug-likeness (QED) is 0.413. The van der Waals surface area contributed by atoms with Crippen LogP contribution in [-0.2, 0) is 16.8 Å². The molecule has 0 unspecified atom stereocenters. The number of amides is 1. The van der Waals surface area contributed by atoms with E-state index in [1.807, 2.05) is 30.3 Å². The maximum Gasteiger partial charge on any atom is 0.255 e. The standard InChI is InChI=1S/C24H20Cl3NO4/c1-31-18-12-7-13-19(32-2)21(18)24(23(27)30,14-15-8-4-3-5-9-15)28-22(29)20-16(25)10-6-11-17(20)26/h3-13H,14H2,1-2H3,(H,28,29)/t24-/m1/s1. The third-order valence-corrected chi connectivity index (χ3v) is 5.97. The van der Waals surface area contributed by atoms with E-state index in [1.165, 1.54) is 26.4 Å². The first-order chi connectivity index (χ1) is 15.3. The van der Waals surface area contributed by atoms with E-state index in [0.29, 0.717) is 11.5 Å². The van der Waals surface area contributed by atoms with Crippen molar-refractivity contribution in [3.05, 3.63) is 93.5 Å². The van der Waals surface area contributed by atoms with Gasteiger partial charge in [-0.1, -0.05) is 65.7 Å². The van der Waals surface area contributed by atoms with Crippen molar-refractivity contribution in [3.8, 4) is 11.5 Å². The zero-order chi connectivity index (χ0) is 23.3. The summed E-state index contributed by atoms with van der Waals surface area (Å²) >= 11 is 18.7. The van der Waals surface area contributed by atoms with Gasteiger partial charge in [0.25, 0.3) is 11.1 Å². The maximum atomic E-state index is 13.4. The molecule has 1 amide bonds. The molecule has 3 aromatic rings. The van der Waals surface area contributed by atoms with Gasteiger partial charge in [-0.15, -0.1) is 0 Å². The zero-order valence-corrected chi connectivity index (χ0v) is 19.6. The molecule has 0 saturated carbocycles. The minimum absolute atomic E-state index is 0.0278. The lowest BCUT2D eigenvalue weighted by atomic mass is 9.83. The molecule has 0 saturated heterocycles. The van der Waals surface area contributed by atoms with Crippen molar-refractivity contribution in [3.63, 3.8) is 0 Å². The van der Waals surface area contributed by atoms with Gasteiger partial charge in [-0.2, -0.15) is 0 Å². The summed E-state index contributed by atoms with van der Waals surface area (Å²) in [6, 6.07) is 18.9. The van der Waals surface area contributed by atoms with Crippen LogP contribution in [0.5, 0.6) is 11.5 Å². The minimum Gasteiger partial charge on any atom is -0.496 e. The van der Waals surface area contributed by atoms with Gasteiger partial charge in [-0.05, 0) is 41.4 Å². The SMILES string of the molecule is COc1cccc(OC)c1[C@@](Cc1ccccc1)(NC(=O)c1c(Cl)cccc1Cl)C(=O)Cl. The lowest BCUT2D eigenvalue weighted by Crippen LogP contribution is -2.52. The van der Waals surface area contributed by atoms with Gasteiger partial charge >= 0.3 is 0 Å². The van der Waals surface area contributed by atoms with Crippen LogP contribution >= 0.6 is 34.8 Å². The highest BCUT2D eigenvalue weighted by Crippen LogP contribution is 2.42. The molecule has 1 N–H and O–H groups in total. The number of hydrogen-bond acceptors (Lipinski definition) is 4. The van der Waals surface area contributed by atoms with Gasteiger partial charge in [-0.25, -0.2) is 0 Å². The van der Waals surface area contributed by atoms with Crippen LogP contribution in [0.4, 0.5) is 0 Å². The van der Waals surface area contributed by atoms with E-state index in [9.17, 15) is 9.59 Å². The van der Waals surface area contributed by atoms with Crippen molar-refractivity contribution in [2.75, 3.05) is 14.2 Å². The Balaban J connectivity index is 2.26. The molecule has 0 heterocycles. The van der Waals surface area contributed by atoms with Crippen molar-refractivity contribution in [2.45, 2.75) is 12.0 Å². The molecule has 0 radical (unpaired) electrons. The van der Waals surface area contributed by atoms with E-state index in [4.69, 9.17) is 44.3 Å². The fourth-order valence-corrected chi connectivity index (χ4v) is 4.33. The Morgan fingerprint density at radius 2 is 1.38 bits per heavy atom. The molecular formula is C24H20Cl3NO4. The molecule has 3 aromatic carbocycles.